The van der Waals surface area contributed by atoms with E-state index in [2.05, 4.69) is 10.1 Å². The van der Waals surface area contributed by atoms with Gasteiger partial charge in [0.05, 0.1) is 10.6 Å². The Bertz CT molecular complexity index is 787. The van der Waals surface area contributed by atoms with Crippen molar-refractivity contribution in [1.29, 1.82) is 0 Å². The number of rotatable bonds is 3. The first-order valence-corrected chi connectivity index (χ1v) is 6.45. The second-order valence-corrected chi connectivity index (χ2v) is 4.59. The molecule has 1 aromatic carbocycles. The molecular formula is C14H9ClN4O2. The van der Waals surface area contributed by atoms with Gasteiger partial charge < -0.3 is 0 Å². The van der Waals surface area contributed by atoms with Crippen LogP contribution in [0.15, 0.2) is 54.9 Å². The third-order valence-corrected chi connectivity index (χ3v) is 3.28. The normalized spacial score (nSPS) is 10.5. The van der Waals surface area contributed by atoms with E-state index >= 15 is 0 Å². The van der Waals surface area contributed by atoms with Gasteiger partial charge >= 0.3 is 5.69 Å². The highest BCUT2D eigenvalue weighted by molar-refractivity contribution is 6.32. The van der Waals surface area contributed by atoms with Gasteiger partial charge in [-0.1, -0.05) is 41.9 Å². The van der Waals surface area contributed by atoms with Gasteiger partial charge in [-0.05, 0) is 12.1 Å². The van der Waals surface area contributed by atoms with Crippen LogP contribution >= 0.6 is 11.6 Å². The summed E-state index contributed by atoms with van der Waals surface area (Å²) in [4.78, 5) is 14.7. The molecule has 0 unspecified atom stereocenters. The zero-order valence-corrected chi connectivity index (χ0v) is 11.4. The van der Waals surface area contributed by atoms with Gasteiger partial charge in [0.15, 0.2) is 5.69 Å². The molecule has 2 aromatic heterocycles. The molecule has 0 bridgehead atoms. The van der Waals surface area contributed by atoms with Crippen molar-refractivity contribution in [2.24, 2.45) is 0 Å². The predicted molar refractivity (Wildman–Crippen MR) is 78.5 cm³/mol. The molecule has 6 nitrogen and oxygen atoms in total. The topological polar surface area (TPSA) is 73.8 Å². The highest BCUT2D eigenvalue weighted by Crippen LogP contribution is 2.36. The van der Waals surface area contributed by atoms with Crippen molar-refractivity contribution in [1.82, 2.24) is 14.8 Å². The van der Waals surface area contributed by atoms with Crippen molar-refractivity contribution in [2.75, 3.05) is 0 Å². The summed E-state index contributed by atoms with van der Waals surface area (Å²) in [6.45, 7) is 0. The summed E-state index contributed by atoms with van der Waals surface area (Å²) in [6.07, 6.45) is 3.14. The summed E-state index contributed by atoms with van der Waals surface area (Å²) in [6, 6.07) is 12.3. The van der Waals surface area contributed by atoms with Crippen LogP contribution in [0.3, 0.4) is 0 Å². The fraction of sp³-hybridized carbons (Fsp3) is 0. The van der Waals surface area contributed by atoms with Crippen LogP contribution in [0.2, 0.25) is 5.15 Å². The number of hydrogen-bond donors (Lipinski definition) is 0. The number of nitrogens with zero attached hydrogens (tertiary/aromatic N) is 4. The maximum atomic E-state index is 11.3. The summed E-state index contributed by atoms with van der Waals surface area (Å²) in [5.74, 6) is 0. The predicted octanol–water partition coefficient (Wildman–Crippen LogP) is 3.50. The Morgan fingerprint density at radius 3 is 2.38 bits per heavy atom. The molecule has 0 amide bonds. The lowest BCUT2D eigenvalue weighted by atomic mass is 10.1. The lowest BCUT2D eigenvalue weighted by molar-refractivity contribution is -0.384. The molecule has 0 saturated heterocycles. The first-order chi connectivity index (χ1) is 10.2. The van der Waals surface area contributed by atoms with Gasteiger partial charge in [-0.15, -0.1) is 0 Å². The molecule has 104 valence electrons. The van der Waals surface area contributed by atoms with Crippen molar-refractivity contribution >= 4 is 17.3 Å². The second kappa shape index (κ2) is 5.34. The van der Waals surface area contributed by atoms with E-state index in [-0.39, 0.29) is 16.5 Å². The Balaban J connectivity index is 2.24. The van der Waals surface area contributed by atoms with E-state index in [4.69, 9.17) is 11.6 Å². The highest BCUT2D eigenvalue weighted by Gasteiger charge is 2.28. The number of benzene rings is 1. The molecule has 0 saturated carbocycles. The molecule has 0 atom stereocenters. The van der Waals surface area contributed by atoms with Gasteiger partial charge in [0.1, 0.15) is 0 Å². The molecule has 0 aliphatic carbocycles. The minimum Gasteiger partial charge on any atom is -0.265 e. The molecule has 3 aromatic rings. The first kappa shape index (κ1) is 13.3. The average molecular weight is 301 g/mol. The minimum absolute atomic E-state index is 0.0370. The van der Waals surface area contributed by atoms with E-state index in [0.717, 1.165) is 0 Å². The third kappa shape index (κ3) is 2.36. The number of nitro groups is 1. The van der Waals surface area contributed by atoms with Crippen molar-refractivity contribution < 1.29 is 4.92 Å². The molecule has 3 rings (SSSR count). The fourth-order valence-corrected chi connectivity index (χ4v) is 2.29. The van der Waals surface area contributed by atoms with Crippen molar-refractivity contribution in [2.45, 2.75) is 0 Å². The summed E-state index contributed by atoms with van der Waals surface area (Å²) < 4.78 is 1.34. The summed E-state index contributed by atoms with van der Waals surface area (Å²) in [5, 5.41) is 15.6. The Labute approximate surface area is 124 Å². The van der Waals surface area contributed by atoms with Gasteiger partial charge in [-0.25, -0.2) is 4.68 Å². The van der Waals surface area contributed by atoms with Crippen LogP contribution in [-0.2, 0) is 0 Å². The molecule has 0 spiro atoms. The van der Waals surface area contributed by atoms with Gasteiger partial charge in [0.25, 0.3) is 0 Å². The zero-order valence-electron chi connectivity index (χ0n) is 10.7. The summed E-state index contributed by atoms with van der Waals surface area (Å²) in [7, 11) is 0. The lowest BCUT2D eigenvalue weighted by Gasteiger charge is -2.00. The largest absolute Gasteiger partial charge is 0.334 e. The van der Waals surface area contributed by atoms with Crippen molar-refractivity contribution in [3.8, 4) is 16.9 Å². The SMILES string of the molecule is O=[N+]([O-])c1c(-c2ccccc2)nn(-c2ccncc2)c1Cl. The number of pyridine rings is 1. The van der Waals surface area contributed by atoms with E-state index in [1.807, 2.05) is 6.07 Å². The van der Waals surface area contributed by atoms with Crippen LogP contribution in [0.1, 0.15) is 0 Å². The molecule has 2 heterocycles. The monoisotopic (exact) mass is 300 g/mol. The molecule has 0 fully saturated rings. The van der Waals surface area contributed by atoms with E-state index < -0.39 is 4.92 Å². The van der Waals surface area contributed by atoms with Crippen LogP contribution in [-0.4, -0.2) is 19.7 Å². The smallest absolute Gasteiger partial charge is 0.265 e. The van der Waals surface area contributed by atoms with Crippen molar-refractivity contribution in [3.05, 3.63) is 70.1 Å². The minimum atomic E-state index is -0.518. The Morgan fingerprint density at radius 1 is 1.10 bits per heavy atom. The maximum absolute atomic E-state index is 11.3. The lowest BCUT2D eigenvalue weighted by Crippen LogP contribution is -1.96. The standard InChI is InChI=1S/C14H9ClN4O2/c15-14-13(19(20)21)12(10-4-2-1-3-5-10)17-18(14)11-6-8-16-9-7-11/h1-9H. The van der Waals surface area contributed by atoms with Gasteiger partial charge in [0.2, 0.25) is 5.15 Å². The van der Waals surface area contributed by atoms with E-state index in [1.54, 1.807) is 48.8 Å². The summed E-state index contributed by atoms with van der Waals surface area (Å²) in [5.41, 5.74) is 1.28. The first-order valence-electron chi connectivity index (χ1n) is 6.07. The number of hydrogen-bond acceptors (Lipinski definition) is 4. The van der Waals surface area contributed by atoms with Crippen LogP contribution in [0.25, 0.3) is 16.9 Å². The van der Waals surface area contributed by atoms with E-state index in [0.29, 0.717) is 11.3 Å². The Kier molecular flexibility index (Phi) is 3.37. The second-order valence-electron chi connectivity index (χ2n) is 4.23. The van der Waals surface area contributed by atoms with Crippen LogP contribution in [0.4, 0.5) is 5.69 Å². The molecule has 0 N–H and O–H groups in total. The Hall–Kier alpha value is -2.73. The van der Waals surface area contributed by atoms with Gasteiger partial charge in [0, 0.05) is 18.0 Å². The number of halogens is 1. The van der Waals surface area contributed by atoms with E-state index in [1.165, 1.54) is 4.68 Å². The highest BCUT2D eigenvalue weighted by atomic mass is 35.5. The Morgan fingerprint density at radius 2 is 1.76 bits per heavy atom. The van der Waals surface area contributed by atoms with Crippen LogP contribution in [0, 0.1) is 10.1 Å². The molecule has 0 aliphatic heterocycles. The fourth-order valence-electron chi connectivity index (χ4n) is 2.00. The van der Waals surface area contributed by atoms with Gasteiger partial charge in [-0.3, -0.25) is 15.1 Å². The average Bonchev–Trinajstić information content (AvgIpc) is 2.87. The molecule has 7 heteroatoms. The summed E-state index contributed by atoms with van der Waals surface area (Å²) >= 11 is 6.15. The van der Waals surface area contributed by atoms with Gasteiger partial charge in [-0.2, -0.15) is 5.10 Å². The van der Waals surface area contributed by atoms with Crippen LogP contribution < -0.4 is 0 Å². The number of aromatic nitrogens is 3. The molecule has 21 heavy (non-hydrogen) atoms. The van der Waals surface area contributed by atoms with E-state index in [9.17, 15) is 10.1 Å². The molecule has 0 aliphatic rings. The molecule has 0 radical (unpaired) electrons. The molecular weight excluding hydrogens is 292 g/mol. The third-order valence-electron chi connectivity index (χ3n) is 2.94. The quantitative estimate of drug-likeness (QED) is 0.548. The maximum Gasteiger partial charge on any atom is 0.334 e. The van der Waals surface area contributed by atoms with Crippen LogP contribution in [0.5, 0.6) is 0 Å². The zero-order chi connectivity index (χ0) is 14.8. The van der Waals surface area contributed by atoms with Crippen molar-refractivity contribution in [3.63, 3.8) is 0 Å².